The summed E-state index contributed by atoms with van der Waals surface area (Å²) in [5, 5.41) is 12.4. The first-order valence-corrected chi connectivity index (χ1v) is 8.61. The number of carbonyl (C=O) groups is 3. The Bertz CT molecular complexity index is 987. The number of phenols is 1. The van der Waals surface area contributed by atoms with E-state index in [2.05, 4.69) is 21.2 Å². The number of nitrogens with zero attached hydrogens (tertiary/aromatic N) is 1. The molecule has 2 N–H and O–H groups in total. The van der Waals surface area contributed by atoms with Gasteiger partial charge in [0.15, 0.2) is 0 Å². The highest BCUT2D eigenvalue weighted by Crippen LogP contribution is 2.28. The number of imide groups is 2. The smallest absolute Gasteiger partial charge is 0.335 e. The predicted octanol–water partition coefficient (Wildman–Crippen LogP) is 3.78. The highest BCUT2D eigenvalue weighted by atomic mass is 79.9. The fourth-order valence-electron chi connectivity index (χ4n) is 2.46. The van der Waals surface area contributed by atoms with Crippen molar-refractivity contribution < 1.29 is 19.5 Å². The molecular weight excluding hydrogens is 424 g/mol. The number of barbiturate groups is 1. The molecule has 0 aromatic heterocycles. The summed E-state index contributed by atoms with van der Waals surface area (Å²) in [6.45, 7) is 1.81. The van der Waals surface area contributed by atoms with Gasteiger partial charge in [-0.05, 0) is 55.0 Å². The number of anilines is 1. The van der Waals surface area contributed by atoms with Crippen molar-refractivity contribution in [3.63, 3.8) is 0 Å². The van der Waals surface area contributed by atoms with Gasteiger partial charge in [0.25, 0.3) is 11.8 Å². The van der Waals surface area contributed by atoms with E-state index in [-0.39, 0.29) is 16.9 Å². The molecule has 2 aromatic rings. The number of rotatable bonds is 2. The second kappa shape index (κ2) is 6.93. The monoisotopic (exact) mass is 434 g/mol. The Labute approximate surface area is 162 Å². The number of phenolic OH excluding ortho intramolecular Hbond substituents is 1. The third-order valence-electron chi connectivity index (χ3n) is 3.79. The number of benzene rings is 2. The summed E-state index contributed by atoms with van der Waals surface area (Å²) < 4.78 is 0.821. The van der Waals surface area contributed by atoms with Crippen LogP contribution in [0.3, 0.4) is 0 Å². The van der Waals surface area contributed by atoms with Gasteiger partial charge < -0.3 is 5.11 Å². The number of aromatic hydroxyl groups is 1. The van der Waals surface area contributed by atoms with Crippen molar-refractivity contribution in [2.75, 3.05) is 4.90 Å². The van der Waals surface area contributed by atoms with Crippen molar-refractivity contribution in [2.24, 2.45) is 0 Å². The Hall–Kier alpha value is -2.64. The van der Waals surface area contributed by atoms with Gasteiger partial charge in [-0.25, -0.2) is 9.69 Å². The van der Waals surface area contributed by atoms with Gasteiger partial charge >= 0.3 is 6.03 Å². The Morgan fingerprint density at radius 3 is 2.58 bits per heavy atom. The van der Waals surface area contributed by atoms with E-state index in [0.717, 1.165) is 14.9 Å². The highest BCUT2D eigenvalue weighted by Gasteiger charge is 2.37. The van der Waals surface area contributed by atoms with Gasteiger partial charge in [-0.15, -0.1) is 0 Å². The normalized spacial score (nSPS) is 16.2. The molecule has 26 heavy (non-hydrogen) atoms. The first-order chi connectivity index (χ1) is 12.3. The molecule has 0 spiro atoms. The van der Waals surface area contributed by atoms with Gasteiger partial charge in [0.2, 0.25) is 0 Å². The fraction of sp³-hybridized carbons (Fsp3) is 0.0556. The van der Waals surface area contributed by atoms with E-state index in [1.54, 1.807) is 18.2 Å². The van der Waals surface area contributed by atoms with Crippen LogP contribution < -0.4 is 10.2 Å². The summed E-state index contributed by atoms with van der Waals surface area (Å²) in [7, 11) is 0. The maximum atomic E-state index is 12.8. The third-order valence-corrected chi connectivity index (χ3v) is 4.92. The standard InChI is InChI=1S/C18H12BrClN2O4/c1-9-6-12(3-4-14(9)19)22-17(25)13(16(24)21-18(22)26)8-10-7-11(20)2-5-15(10)23/h2-8,23H,1H3,(H,21,24,26)/b13-8-. The quantitative estimate of drug-likeness (QED) is 0.555. The van der Waals surface area contributed by atoms with E-state index in [0.29, 0.717) is 10.7 Å². The Morgan fingerprint density at radius 1 is 1.15 bits per heavy atom. The zero-order valence-electron chi connectivity index (χ0n) is 13.4. The summed E-state index contributed by atoms with van der Waals surface area (Å²) in [4.78, 5) is 38.0. The molecule has 1 fully saturated rings. The van der Waals surface area contributed by atoms with E-state index in [1.165, 1.54) is 24.3 Å². The molecule has 2 aromatic carbocycles. The van der Waals surface area contributed by atoms with E-state index >= 15 is 0 Å². The zero-order chi connectivity index (χ0) is 19.0. The molecule has 8 heteroatoms. The van der Waals surface area contributed by atoms with Crippen molar-refractivity contribution in [1.29, 1.82) is 0 Å². The zero-order valence-corrected chi connectivity index (χ0v) is 15.8. The summed E-state index contributed by atoms with van der Waals surface area (Å²) >= 11 is 9.25. The minimum atomic E-state index is -0.843. The lowest BCUT2D eigenvalue weighted by Crippen LogP contribution is -2.54. The van der Waals surface area contributed by atoms with Gasteiger partial charge in [0, 0.05) is 15.1 Å². The van der Waals surface area contributed by atoms with Crippen molar-refractivity contribution in [1.82, 2.24) is 5.32 Å². The molecule has 1 heterocycles. The van der Waals surface area contributed by atoms with Crippen LogP contribution in [0.25, 0.3) is 6.08 Å². The molecular formula is C18H12BrClN2O4. The van der Waals surface area contributed by atoms with Gasteiger partial charge in [-0.1, -0.05) is 27.5 Å². The van der Waals surface area contributed by atoms with Crippen LogP contribution in [0.1, 0.15) is 11.1 Å². The molecule has 3 rings (SSSR count). The predicted molar refractivity (Wildman–Crippen MR) is 101 cm³/mol. The summed E-state index contributed by atoms with van der Waals surface area (Å²) in [5.74, 6) is -1.78. The number of halogens is 2. The fourth-order valence-corrected chi connectivity index (χ4v) is 2.88. The summed E-state index contributed by atoms with van der Waals surface area (Å²) in [5.41, 5.74) is 1.04. The molecule has 0 bridgehead atoms. The molecule has 132 valence electrons. The van der Waals surface area contributed by atoms with Crippen molar-refractivity contribution in [2.45, 2.75) is 6.92 Å². The highest BCUT2D eigenvalue weighted by molar-refractivity contribution is 9.10. The lowest BCUT2D eigenvalue weighted by molar-refractivity contribution is -0.122. The van der Waals surface area contributed by atoms with E-state index < -0.39 is 17.8 Å². The van der Waals surface area contributed by atoms with Crippen LogP contribution in [-0.4, -0.2) is 23.0 Å². The van der Waals surface area contributed by atoms with Crippen molar-refractivity contribution >= 4 is 57.1 Å². The molecule has 0 unspecified atom stereocenters. The topological polar surface area (TPSA) is 86.7 Å². The SMILES string of the molecule is Cc1cc(N2C(=O)NC(=O)/C(=C/c3cc(Cl)ccc3O)C2=O)ccc1Br. The van der Waals surface area contributed by atoms with Crippen LogP contribution in [-0.2, 0) is 9.59 Å². The number of hydrogen-bond donors (Lipinski definition) is 2. The largest absolute Gasteiger partial charge is 0.507 e. The molecule has 4 amide bonds. The lowest BCUT2D eigenvalue weighted by Gasteiger charge is -2.26. The van der Waals surface area contributed by atoms with Gasteiger partial charge in [0.1, 0.15) is 11.3 Å². The second-order valence-electron chi connectivity index (χ2n) is 5.59. The maximum Gasteiger partial charge on any atom is 0.335 e. The molecule has 1 aliphatic heterocycles. The van der Waals surface area contributed by atoms with Crippen LogP contribution >= 0.6 is 27.5 Å². The van der Waals surface area contributed by atoms with Crippen molar-refractivity contribution in [3.05, 3.63) is 62.6 Å². The minimum absolute atomic E-state index is 0.148. The van der Waals surface area contributed by atoms with Crippen LogP contribution in [0.15, 0.2) is 46.4 Å². The van der Waals surface area contributed by atoms with Crippen LogP contribution in [0.2, 0.25) is 5.02 Å². The molecule has 0 saturated carbocycles. The number of hydrogen-bond acceptors (Lipinski definition) is 4. The van der Waals surface area contributed by atoms with Crippen molar-refractivity contribution in [3.8, 4) is 5.75 Å². The first-order valence-electron chi connectivity index (χ1n) is 7.44. The van der Waals surface area contributed by atoms with E-state index in [1.807, 2.05) is 6.92 Å². The molecule has 0 atom stereocenters. The summed E-state index contributed by atoms with van der Waals surface area (Å²) in [6.07, 6.45) is 1.20. The molecule has 6 nitrogen and oxygen atoms in total. The second-order valence-corrected chi connectivity index (χ2v) is 6.89. The minimum Gasteiger partial charge on any atom is -0.507 e. The summed E-state index contributed by atoms with van der Waals surface area (Å²) in [6, 6.07) is 8.32. The van der Waals surface area contributed by atoms with E-state index in [9.17, 15) is 19.5 Å². The number of amides is 4. The molecule has 1 aliphatic rings. The van der Waals surface area contributed by atoms with E-state index in [4.69, 9.17) is 11.6 Å². The maximum absolute atomic E-state index is 12.8. The van der Waals surface area contributed by atoms with Crippen LogP contribution in [0, 0.1) is 6.92 Å². The molecule has 0 radical (unpaired) electrons. The van der Waals surface area contributed by atoms with Gasteiger partial charge in [-0.3, -0.25) is 14.9 Å². The van der Waals surface area contributed by atoms with Gasteiger partial charge in [0.05, 0.1) is 5.69 Å². The number of urea groups is 1. The Balaban J connectivity index is 2.07. The third kappa shape index (κ3) is 3.36. The van der Waals surface area contributed by atoms with Gasteiger partial charge in [-0.2, -0.15) is 0 Å². The number of nitrogens with one attached hydrogen (secondary N) is 1. The van der Waals surface area contributed by atoms with Crippen LogP contribution in [0.5, 0.6) is 5.75 Å². The molecule has 0 aliphatic carbocycles. The number of aryl methyl sites for hydroxylation is 1. The Kier molecular flexibility index (Phi) is 4.84. The Morgan fingerprint density at radius 2 is 1.88 bits per heavy atom. The molecule has 1 saturated heterocycles. The van der Waals surface area contributed by atoms with Crippen LogP contribution in [0.4, 0.5) is 10.5 Å². The average molecular weight is 436 g/mol. The first kappa shape index (κ1) is 18.2. The lowest BCUT2D eigenvalue weighted by atomic mass is 10.1. The number of carbonyl (C=O) groups excluding carboxylic acids is 3. The average Bonchev–Trinajstić information content (AvgIpc) is 2.57.